The number of fused-ring (bicyclic) bond motifs is 1. The highest BCUT2D eigenvalue weighted by Gasteiger charge is 2.25. The molecule has 0 bridgehead atoms. The number of nitriles is 1. The van der Waals surface area contributed by atoms with E-state index in [1.807, 2.05) is 24.3 Å². The lowest BCUT2D eigenvalue weighted by atomic mass is 9.88. The van der Waals surface area contributed by atoms with Gasteiger partial charge >= 0.3 is 0 Å². The van der Waals surface area contributed by atoms with Crippen LogP contribution in [-0.2, 0) is 17.6 Å². The van der Waals surface area contributed by atoms with Crippen LogP contribution in [0.2, 0.25) is 0 Å². The molecule has 1 aromatic carbocycles. The number of nitrogens with zero attached hydrogens (tertiary/aromatic N) is 1. The highest BCUT2D eigenvalue weighted by atomic mass is 32.1. The summed E-state index contributed by atoms with van der Waals surface area (Å²) in [6.45, 7) is 0.157. The van der Waals surface area contributed by atoms with Crippen molar-refractivity contribution in [2.24, 2.45) is 5.92 Å². The Hall–Kier alpha value is -2.62. The molecule has 1 amide bonds. The van der Waals surface area contributed by atoms with Crippen LogP contribution in [0.1, 0.15) is 28.0 Å². The van der Waals surface area contributed by atoms with E-state index in [1.54, 1.807) is 13.2 Å². The number of hydrogen-bond acceptors (Lipinski definition) is 5. The number of carbonyl (C=O) groups excluding carboxylic acids is 1. The molecule has 3 rings (SSSR count). The number of amides is 1. The molecule has 1 heterocycles. The number of carbonyl (C=O) groups is 1. The number of methoxy groups -OCH3 is 1. The Kier molecular flexibility index (Phi) is 5.71. The number of anilines is 1. The fourth-order valence-corrected chi connectivity index (χ4v) is 4.40. The van der Waals surface area contributed by atoms with Gasteiger partial charge in [0.2, 0.25) is 5.91 Å². The Labute approximate surface area is 156 Å². The van der Waals surface area contributed by atoms with Crippen molar-refractivity contribution in [2.75, 3.05) is 19.0 Å². The van der Waals surface area contributed by atoms with Gasteiger partial charge in [0.1, 0.15) is 16.8 Å². The maximum atomic E-state index is 12.3. The summed E-state index contributed by atoms with van der Waals surface area (Å²) in [4.78, 5) is 13.4. The van der Waals surface area contributed by atoms with E-state index in [9.17, 15) is 15.2 Å². The summed E-state index contributed by atoms with van der Waals surface area (Å²) in [5.74, 6) is 0.689. The maximum Gasteiger partial charge on any atom is 0.249 e. The van der Waals surface area contributed by atoms with Crippen molar-refractivity contribution >= 4 is 28.3 Å². The van der Waals surface area contributed by atoms with Gasteiger partial charge in [-0.25, -0.2) is 0 Å². The van der Waals surface area contributed by atoms with Crippen molar-refractivity contribution in [2.45, 2.75) is 19.3 Å². The molecule has 1 aliphatic carbocycles. The van der Waals surface area contributed by atoms with E-state index in [2.05, 4.69) is 11.4 Å². The number of aliphatic hydroxyl groups is 1. The molecule has 1 atom stereocenters. The Bertz CT molecular complexity index is 880. The number of rotatable bonds is 5. The van der Waals surface area contributed by atoms with Crippen molar-refractivity contribution in [3.8, 4) is 11.8 Å². The molecule has 0 fully saturated rings. The van der Waals surface area contributed by atoms with Crippen LogP contribution in [0.3, 0.4) is 0 Å². The van der Waals surface area contributed by atoms with Gasteiger partial charge in [-0.1, -0.05) is 12.1 Å². The zero-order valence-corrected chi connectivity index (χ0v) is 15.3. The maximum absolute atomic E-state index is 12.3. The Morgan fingerprint density at radius 1 is 1.54 bits per heavy atom. The predicted octanol–water partition coefficient (Wildman–Crippen LogP) is 3.38. The van der Waals surface area contributed by atoms with Crippen LogP contribution in [0.15, 0.2) is 30.3 Å². The third-order valence-corrected chi connectivity index (χ3v) is 5.66. The van der Waals surface area contributed by atoms with Gasteiger partial charge < -0.3 is 15.2 Å². The lowest BCUT2D eigenvalue weighted by Gasteiger charge is -2.19. The second kappa shape index (κ2) is 8.17. The molecule has 6 heteroatoms. The zero-order valence-electron chi connectivity index (χ0n) is 14.5. The molecular weight excluding hydrogens is 348 g/mol. The molecule has 2 N–H and O–H groups in total. The number of benzene rings is 1. The standard InChI is InChI=1S/C20H20N2O3S/c1-25-15-4-2-3-13(9-15)6-8-19(24)22-20-17(11-21)16-7-5-14(12-23)10-18(16)26-20/h2-4,6,8-9,14,23H,5,7,10,12H2,1H3,(H,22,24)/b8-6+. The van der Waals surface area contributed by atoms with Crippen LogP contribution in [0, 0.1) is 17.2 Å². The Morgan fingerprint density at radius 2 is 2.38 bits per heavy atom. The van der Waals surface area contributed by atoms with E-state index >= 15 is 0 Å². The number of ether oxygens (including phenoxy) is 1. The smallest absolute Gasteiger partial charge is 0.249 e. The van der Waals surface area contributed by atoms with Crippen LogP contribution < -0.4 is 10.1 Å². The van der Waals surface area contributed by atoms with Crippen molar-refractivity contribution in [1.29, 1.82) is 5.26 Å². The van der Waals surface area contributed by atoms with Crippen LogP contribution in [0.25, 0.3) is 6.08 Å². The molecule has 1 unspecified atom stereocenters. The van der Waals surface area contributed by atoms with E-state index in [0.29, 0.717) is 10.6 Å². The minimum atomic E-state index is -0.276. The van der Waals surface area contributed by atoms with Crippen molar-refractivity contribution in [1.82, 2.24) is 0 Å². The fourth-order valence-electron chi connectivity index (χ4n) is 3.09. The van der Waals surface area contributed by atoms with Crippen molar-refractivity contribution < 1.29 is 14.6 Å². The topological polar surface area (TPSA) is 82.3 Å². The largest absolute Gasteiger partial charge is 0.497 e. The lowest BCUT2D eigenvalue weighted by molar-refractivity contribution is -0.111. The summed E-state index contributed by atoms with van der Waals surface area (Å²) in [5.41, 5.74) is 2.44. The van der Waals surface area contributed by atoms with Crippen LogP contribution in [0.4, 0.5) is 5.00 Å². The fraction of sp³-hybridized carbons (Fsp3) is 0.300. The molecular formula is C20H20N2O3S. The molecule has 134 valence electrons. The monoisotopic (exact) mass is 368 g/mol. The first-order chi connectivity index (χ1) is 12.6. The molecule has 0 aliphatic heterocycles. The summed E-state index contributed by atoms with van der Waals surface area (Å²) < 4.78 is 5.17. The number of thiophene rings is 1. The first kappa shape index (κ1) is 18.2. The Balaban J connectivity index is 1.74. The second-order valence-corrected chi connectivity index (χ2v) is 7.32. The molecule has 0 saturated heterocycles. The molecule has 26 heavy (non-hydrogen) atoms. The first-order valence-electron chi connectivity index (χ1n) is 8.43. The molecule has 0 spiro atoms. The van der Waals surface area contributed by atoms with Crippen LogP contribution in [-0.4, -0.2) is 24.7 Å². The van der Waals surface area contributed by atoms with E-state index < -0.39 is 0 Å². The summed E-state index contributed by atoms with van der Waals surface area (Å²) in [7, 11) is 1.60. The van der Waals surface area contributed by atoms with Gasteiger partial charge in [0.25, 0.3) is 0 Å². The minimum absolute atomic E-state index is 0.157. The van der Waals surface area contributed by atoms with Crippen LogP contribution >= 0.6 is 11.3 Å². The van der Waals surface area contributed by atoms with E-state index in [1.165, 1.54) is 17.4 Å². The van der Waals surface area contributed by atoms with Crippen LogP contribution in [0.5, 0.6) is 5.75 Å². The van der Waals surface area contributed by atoms with Crippen molar-refractivity contribution in [3.63, 3.8) is 0 Å². The van der Waals surface area contributed by atoms with E-state index in [0.717, 1.165) is 41.0 Å². The zero-order chi connectivity index (χ0) is 18.5. The lowest BCUT2D eigenvalue weighted by Crippen LogP contribution is -2.16. The number of nitrogens with one attached hydrogen (secondary N) is 1. The van der Waals surface area contributed by atoms with Gasteiger partial charge in [0, 0.05) is 17.6 Å². The summed E-state index contributed by atoms with van der Waals surface area (Å²) in [5, 5.41) is 22.3. The SMILES string of the molecule is COc1cccc(/C=C/C(=O)Nc2sc3c(c2C#N)CCC(CO)C3)c1. The molecule has 0 saturated carbocycles. The number of aliphatic hydroxyl groups excluding tert-OH is 1. The number of hydrogen-bond donors (Lipinski definition) is 2. The van der Waals surface area contributed by atoms with E-state index in [-0.39, 0.29) is 18.4 Å². The molecule has 2 aromatic rings. The highest BCUT2D eigenvalue weighted by Crippen LogP contribution is 2.39. The predicted molar refractivity (Wildman–Crippen MR) is 102 cm³/mol. The quantitative estimate of drug-likeness (QED) is 0.793. The minimum Gasteiger partial charge on any atom is -0.497 e. The van der Waals surface area contributed by atoms with Gasteiger partial charge in [-0.15, -0.1) is 11.3 Å². The molecule has 1 aromatic heterocycles. The molecule has 5 nitrogen and oxygen atoms in total. The van der Waals surface area contributed by atoms with Gasteiger partial charge in [-0.3, -0.25) is 4.79 Å². The first-order valence-corrected chi connectivity index (χ1v) is 9.24. The summed E-state index contributed by atoms with van der Waals surface area (Å²) in [6.07, 6.45) is 5.57. The summed E-state index contributed by atoms with van der Waals surface area (Å²) >= 11 is 1.44. The van der Waals surface area contributed by atoms with Gasteiger partial charge in [-0.2, -0.15) is 5.26 Å². The third kappa shape index (κ3) is 3.96. The third-order valence-electron chi connectivity index (χ3n) is 4.50. The van der Waals surface area contributed by atoms with Gasteiger partial charge in [-0.05, 0) is 54.5 Å². The molecule has 0 radical (unpaired) electrons. The average Bonchev–Trinajstić information content (AvgIpc) is 3.02. The van der Waals surface area contributed by atoms with Gasteiger partial charge in [0.05, 0.1) is 12.7 Å². The highest BCUT2D eigenvalue weighted by molar-refractivity contribution is 7.16. The van der Waals surface area contributed by atoms with E-state index in [4.69, 9.17) is 4.74 Å². The average molecular weight is 368 g/mol. The summed E-state index contributed by atoms with van der Waals surface area (Å²) in [6, 6.07) is 9.64. The molecule has 1 aliphatic rings. The Morgan fingerprint density at radius 3 is 3.12 bits per heavy atom. The second-order valence-electron chi connectivity index (χ2n) is 6.21. The normalized spacial score (nSPS) is 16.1. The van der Waals surface area contributed by atoms with Crippen molar-refractivity contribution in [3.05, 3.63) is 51.9 Å². The van der Waals surface area contributed by atoms with Gasteiger partial charge in [0.15, 0.2) is 0 Å².